The Morgan fingerprint density at radius 1 is 0.540 bits per heavy atom. The molecule has 0 aliphatic rings. The summed E-state index contributed by atoms with van der Waals surface area (Å²) in [5, 5.41) is 13.3. The largest absolute Gasteiger partial charge is 0.391 e. The standard InChI is InChI=1S/C43H81NO5S/c1-3-5-7-9-11-13-15-17-18-19-20-21-22-23-24-25-26-27-29-31-33-35-37-39-43(46)44-41(40-50(47,48)49)42(45)38-36-34-32-30-28-16-14-12-10-8-6-4-2/h15,17,19-20,22-23,41-42,45H,3-14,16,18,21,24-40H2,1-2H3,(H,44,46)(H,47,48,49)/b17-15-,20-19-,23-22-. The van der Waals surface area contributed by atoms with E-state index in [2.05, 4.69) is 55.6 Å². The summed E-state index contributed by atoms with van der Waals surface area (Å²) in [5.74, 6) is -0.904. The van der Waals surface area contributed by atoms with Gasteiger partial charge in [-0.3, -0.25) is 9.35 Å². The minimum atomic E-state index is -4.31. The molecule has 2 unspecified atom stereocenters. The van der Waals surface area contributed by atoms with Crippen LogP contribution in [0, 0.1) is 0 Å². The number of carbonyl (C=O) groups excluding carboxylic acids is 1. The van der Waals surface area contributed by atoms with E-state index in [-0.39, 0.29) is 5.91 Å². The van der Waals surface area contributed by atoms with Crippen molar-refractivity contribution in [2.24, 2.45) is 0 Å². The van der Waals surface area contributed by atoms with E-state index >= 15 is 0 Å². The van der Waals surface area contributed by atoms with Gasteiger partial charge in [-0.25, -0.2) is 0 Å². The lowest BCUT2D eigenvalue weighted by atomic mass is 10.0. The number of aliphatic hydroxyl groups is 1. The normalized spacial score (nSPS) is 13.6. The number of hydrogen-bond acceptors (Lipinski definition) is 4. The fourth-order valence-electron chi connectivity index (χ4n) is 6.40. The topological polar surface area (TPSA) is 104 Å². The second kappa shape index (κ2) is 37.3. The van der Waals surface area contributed by atoms with Crippen LogP contribution < -0.4 is 5.32 Å². The summed E-state index contributed by atoms with van der Waals surface area (Å²) in [6.45, 7) is 4.50. The first-order chi connectivity index (χ1) is 24.3. The van der Waals surface area contributed by atoms with E-state index < -0.39 is 28.0 Å². The first-order valence-corrected chi connectivity index (χ1v) is 22.8. The molecule has 0 aromatic carbocycles. The van der Waals surface area contributed by atoms with Crippen molar-refractivity contribution in [2.75, 3.05) is 5.75 Å². The maximum Gasteiger partial charge on any atom is 0.266 e. The molecule has 0 aromatic rings. The molecule has 294 valence electrons. The zero-order valence-electron chi connectivity index (χ0n) is 32.8. The Kier molecular flexibility index (Phi) is 36.2. The Morgan fingerprint density at radius 2 is 0.900 bits per heavy atom. The van der Waals surface area contributed by atoms with Gasteiger partial charge in [-0.05, 0) is 51.4 Å². The third-order valence-corrected chi connectivity index (χ3v) is 10.4. The zero-order valence-corrected chi connectivity index (χ0v) is 33.6. The molecule has 0 aliphatic heterocycles. The number of hydrogen-bond donors (Lipinski definition) is 3. The van der Waals surface area contributed by atoms with Crippen molar-refractivity contribution < 1.29 is 22.9 Å². The molecule has 7 heteroatoms. The second-order valence-electron chi connectivity index (χ2n) is 14.6. The number of amides is 1. The van der Waals surface area contributed by atoms with Gasteiger partial charge in [-0.1, -0.05) is 192 Å². The average Bonchev–Trinajstić information content (AvgIpc) is 3.08. The van der Waals surface area contributed by atoms with Crippen molar-refractivity contribution in [3.63, 3.8) is 0 Å². The van der Waals surface area contributed by atoms with E-state index in [4.69, 9.17) is 0 Å². The van der Waals surface area contributed by atoms with Gasteiger partial charge in [0.25, 0.3) is 10.1 Å². The van der Waals surface area contributed by atoms with Gasteiger partial charge in [0, 0.05) is 6.42 Å². The molecule has 3 N–H and O–H groups in total. The molecule has 50 heavy (non-hydrogen) atoms. The van der Waals surface area contributed by atoms with Gasteiger partial charge in [0.2, 0.25) is 5.91 Å². The van der Waals surface area contributed by atoms with Crippen LogP contribution in [0.4, 0.5) is 0 Å². The number of aliphatic hydroxyl groups excluding tert-OH is 1. The zero-order chi connectivity index (χ0) is 36.8. The summed E-state index contributed by atoms with van der Waals surface area (Å²) in [6, 6.07) is -0.974. The lowest BCUT2D eigenvalue weighted by molar-refractivity contribution is -0.122. The maximum atomic E-state index is 12.5. The van der Waals surface area contributed by atoms with Crippen LogP contribution in [0.15, 0.2) is 36.5 Å². The quantitative estimate of drug-likeness (QED) is 0.0334. The summed E-state index contributed by atoms with van der Waals surface area (Å²) >= 11 is 0. The van der Waals surface area contributed by atoms with Gasteiger partial charge in [0.1, 0.15) is 0 Å². The maximum absolute atomic E-state index is 12.5. The molecule has 0 saturated heterocycles. The second-order valence-corrected chi connectivity index (χ2v) is 16.1. The summed E-state index contributed by atoms with van der Waals surface area (Å²) in [7, 11) is -4.31. The van der Waals surface area contributed by atoms with Gasteiger partial charge in [0.05, 0.1) is 17.9 Å². The number of allylic oxidation sites excluding steroid dienone is 6. The molecular weight excluding hydrogens is 643 g/mol. The van der Waals surface area contributed by atoms with Crippen molar-refractivity contribution in [3.8, 4) is 0 Å². The summed E-state index contributed by atoms with van der Waals surface area (Å²) in [4.78, 5) is 12.5. The van der Waals surface area contributed by atoms with Gasteiger partial charge in [-0.2, -0.15) is 8.42 Å². The molecule has 6 nitrogen and oxygen atoms in total. The van der Waals surface area contributed by atoms with Crippen molar-refractivity contribution in [1.82, 2.24) is 5.32 Å². The fourth-order valence-corrected chi connectivity index (χ4v) is 7.16. The van der Waals surface area contributed by atoms with Crippen molar-refractivity contribution in [1.29, 1.82) is 0 Å². The molecule has 0 heterocycles. The highest BCUT2D eigenvalue weighted by molar-refractivity contribution is 7.85. The molecule has 0 bridgehead atoms. The van der Waals surface area contributed by atoms with E-state index in [1.807, 2.05) is 0 Å². The molecule has 0 aromatic heterocycles. The van der Waals surface area contributed by atoms with Crippen LogP contribution in [0.2, 0.25) is 0 Å². The SMILES string of the molecule is CCCCCCC/C=C\C/C=C\C/C=C\CCCCCCCCCCC(=O)NC(CS(=O)(=O)O)C(O)CCCCCCCCCCCCCC. The predicted molar refractivity (Wildman–Crippen MR) is 216 cm³/mol. The van der Waals surface area contributed by atoms with E-state index in [0.717, 1.165) is 57.8 Å². The molecule has 0 rings (SSSR count). The lowest BCUT2D eigenvalue weighted by Crippen LogP contribution is -2.47. The number of nitrogens with one attached hydrogen (secondary N) is 1. The van der Waals surface area contributed by atoms with Gasteiger partial charge in [0.15, 0.2) is 0 Å². The minimum Gasteiger partial charge on any atom is -0.391 e. The number of carbonyl (C=O) groups is 1. The predicted octanol–water partition coefficient (Wildman–Crippen LogP) is 12.5. The first kappa shape index (κ1) is 48.6. The molecule has 0 saturated carbocycles. The Bertz CT molecular complexity index is 930. The summed E-state index contributed by atoms with van der Waals surface area (Å²) < 4.78 is 32.5. The number of unbranched alkanes of at least 4 members (excludes halogenated alkanes) is 24. The Hall–Kier alpha value is -1.44. The molecular formula is C43H81NO5S. The lowest BCUT2D eigenvalue weighted by Gasteiger charge is -2.23. The highest BCUT2D eigenvalue weighted by Crippen LogP contribution is 2.15. The molecule has 1 amide bonds. The van der Waals surface area contributed by atoms with Crippen molar-refractivity contribution in [3.05, 3.63) is 36.5 Å². The van der Waals surface area contributed by atoms with Crippen LogP contribution in [0.5, 0.6) is 0 Å². The summed E-state index contributed by atoms with van der Waals surface area (Å²) in [5.41, 5.74) is 0. The highest BCUT2D eigenvalue weighted by atomic mass is 32.2. The van der Waals surface area contributed by atoms with Crippen LogP contribution in [0.3, 0.4) is 0 Å². The first-order valence-electron chi connectivity index (χ1n) is 21.2. The molecule has 0 spiro atoms. The minimum absolute atomic E-state index is 0.253. The van der Waals surface area contributed by atoms with Crippen LogP contribution in [-0.2, 0) is 14.9 Å². The summed E-state index contributed by atoms with van der Waals surface area (Å²) in [6.07, 6.45) is 48.1. The van der Waals surface area contributed by atoms with Crippen molar-refractivity contribution >= 4 is 16.0 Å². The third kappa shape index (κ3) is 37.8. The van der Waals surface area contributed by atoms with Crippen LogP contribution in [0.1, 0.15) is 213 Å². The molecule has 0 radical (unpaired) electrons. The van der Waals surface area contributed by atoms with E-state index in [0.29, 0.717) is 12.8 Å². The average molecular weight is 724 g/mol. The monoisotopic (exact) mass is 724 g/mol. The van der Waals surface area contributed by atoms with E-state index in [9.17, 15) is 22.9 Å². The van der Waals surface area contributed by atoms with E-state index in [1.54, 1.807) is 0 Å². The Balaban J connectivity index is 3.84. The third-order valence-electron chi connectivity index (χ3n) is 9.60. The van der Waals surface area contributed by atoms with Gasteiger partial charge >= 0.3 is 0 Å². The fraction of sp³-hybridized carbons (Fsp3) is 0.837. The highest BCUT2D eigenvalue weighted by Gasteiger charge is 2.26. The molecule has 2 atom stereocenters. The van der Waals surface area contributed by atoms with Crippen molar-refractivity contribution in [2.45, 2.75) is 225 Å². The Morgan fingerprint density at radius 3 is 1.32 bits per heavy atom. The van der Waals surface area contributed by atoms with Crippen LogP contribution in [0.25, 0.3) is 0 Å². The van der Waals surface area contributed by atoms with E-state index in [1.165, 1.54) is 128 Å². The smallest absolute Gasteiger partial charge is 0.266 e. The number of rotatable bonds is 38. The molecule has 0 fully saturated rings. The van der Waals surface area contributed by atoms with Crippen LogP contribution in [-0.4, -0.2) is 41.9 Å². The van der Waals surface area contributed by atoms with Gasteiger partial charge in [-0.15, -0.1) is 0 Å². The van der Waals surface area contributed by atoms with Crippen LogP contribution >= 0.6 is 0 Å². The molecule has 0 aliphatic carbocycles. The van der Waals surface area contributed by atoms with Gasteiger partial charge < -0.3 is 10.4 Å². The Labute approximate surface area is 310 Å².